The summed E-state index contributed by atoms with van der Waals surface area (Å²) in [7, 11) is 4.01. The number of likely N-dealkylation sites (tertiary alicyclic amines) is 1. The third-order valence-corrected chi connectivity index (χ3v) is 4.64. The van der Waals surface area contributed by atoms with E-state index < -0.39 is 12.0 Å². The van der Waals surface area contributed by atoms with Gasteiger partial charge in [-0.15, -0.1) is 0 Å². The first-order valence-corrected chi connectivity index (χ1v) is 8.07. The van der Waals surface area contributed by atoms with Gasteiger partial charge >= 0.3 is 5.97 Å². The van der Waals surface area contributed by atoms with Gasteiger partial charge in [0.15, 0.2) is 6.04 Å². The molecule has 1 saturated heterocycles. The third-order valence-electron chi connectivity index (χ3n) is 4.64. The molecule has 2 aliphatic rings. The first kappa shape index (κ1) is 16.4. The highest BCUT2D eigenvalue weighted by molar-refractivity contribution is 6.40. The molecular formula is C17H22N4O3. The van der Waals surface area contributed by atoms with Gasteiger partial charge in [0.25, 0.3) is 5.91 Å². The standard InChI is InChI=1S/C17H22N4O3/c1-19(2)13-8-9-20(11-13)16(22)14-10-15(17(23)24)21(18-14)12-6-4-3-5-7-12/h3-7,13,15H,8-11H2,1-2H3,(H,23,24). The van der Waals surface area contributed by atoms with Crippen LogP contribution in [0.2, 0.25) is 0 Å². The Morgan fingerprint density at radius 2 is 1.96 bits per heavy atom. The van der Waals surface area contributed by atoms with E-state index in [9.17, 15) is 14.7 Å². The van der Waals surface area contributed by atoms with E-state index in [1.807, 2.05) is 32.3 Å². The molecule has 1 aromatic rings. The minimum Gasteiger partial charge on any atom is -0.480 e. The number of carboxylic acids is 1. The van der Waals surface area contributed by atoms with Crippen LogP contribution in [0.5, 0.6) is 0 Å². The van der Waals surface area contributed by atoms with Crippen LogP contribution in [0.4, 0.5) is 5.69 Å². The van der Waals surface area contributed by atoms with Crippen molar-refractivity contribution in [2.24, 2.45) is 5.10 Å². The van der Waals surface area contributed by atoms with Gasteiger partial charge in [0, 0.05) is 25.6 Å². The fourth-order valence-electron chi connectivity index (χ4n) is 3.18. The molecule has 0 aliphatic carbocycles. The average molecular weight is 330 g/mol. The Kier molecular flexibility index (Phi) is 4.53. The monoisotopic (exact) mass is 330 g/mol. The summed E-state index contributed by atoms with van der Waals surface area (Å²) in [5.74, 6) is -1.12. The predicted octanol–water partition coefficient (Wildman–Crippen LogP) is 0.868. The van der Waals surface area contributed by atoms with Gasteiger partial charge in [0.1, 0.15) is 5.71 Å². The topological polar surface area (TPSA) is 76.5 Å². The summed E-state index contributed by atoms with van der Waals surface area (Å²) in [5, 5.41) is 15.3. The smallest absolute Gasteiger partial charge is 0.328 e. The molecule has 0 aromatic heterocycles. The predicted molar refractivity (Wildman–Crippen MR) is 91.1 cm³/mol. The lowest BCUT2D eigenvalue weighted by atomic mass is 10.1. The quantitative estimate of drug-likeness (QED) is 0.886. The van der Waals surface area contributed by atoms with Crippen molar-refractivity contribution in [1.29, 1.82) is 0 Å². The number of likely N-dealkylation sites (N-methyl/N-ethyl adjacent to an activating group) is 1. The first-order valence-electron chi connectivity index (χ1n) is 8.07. The number of hydrogen-bond donors (Lipinski definition) is 1. The first-order chi connectivity index (χ1) is 11.5. The Labute approximate surface area is 141 Å². The van der Waals surface area contributed by atoms with Crippen LogP contribution >= 0.6 is 0 Å². The van der Waals surface area contributed by atoms with Crippen LogP contribution in [-0.2, 0) is 9.59 Å². The zero-order chi connectivity index (χ0) is 17.3. The van der Waals surface area contributed by atoms with Gasteiger partial charge in [-0.25, -0.2) is 4.79 Å². The van der Waals surface area contributed by atoms with E-state index >= 15 is 0 Å². The summed E-state index contributed by atoms with van der Waals surface area (Å²) in [6.07, 6.45) is 1.06. The molecule has 7 nitrogen and oxygen atoms in total. The van der Waals surface area contributed by atoms with E-state index in [-0.39, 0.29) is 12.3 Å². The number of carbonyl (C=O) groups excluding carboxylic acids is 1. The van der Waals surface area contributed by atoms with Crippen LogP contribution in [0.1, 0.15) is 12.8 Å². The van der Waals surface area contributed by atoms with E-state index in [0.29, 0.717) is 30.5 Å². The Morgan fingerprint density at radius 1 is 1.25 bits per heavy atom. The molecule has 128 valence electrons. The zero-order valence-corrected chi connectivity index (χ0v) is 13.9. The molecule has 0 bridgehead atoms. The van der Waals surface area contributed by atoms with E-state index in [0.717, 1.165) is 6.42 Å². The highest BCUT2D eigenvalue weighted by Crippen LogP contribution is 2.26. The van der Waals surface area contributed by atoms with Crippen molar-refractivity contribution in [3.05, 3.63) is 30.3 Å². The Hall–Kier alpha value is -2.41. The average Bonchev–Trinajstić information content (AvgIpc) is 3.22. The highest BCUT2D eigenvalue weighted by atomic mass is 16.4. The molecule has 0 radical (unpaired) electrons. The second-order valence-corrected chi connectivity index (χ2v) is 6.44. The normalized spacial score (nSPS) is 23.7. The molecular weight excluding hydrogens is 308 g/mol. The van der Waals surface area contributed by atoms with Crippen molar-refractivity contribution in [1.82, 2.24) is 9.80 Å². The number of aliphatic carboxylic acids is 1. The Balaban J connectivity index is 1.79. The van der Waals surface area contributed by atoms with Crippen LogP contribution in [-0.4, -0.2) is 71.8 Å². The number of para-hydroxylation sites is 1. The summed E-state index contributed by atoms with van der Waals surface area (Å²) in [6, 6.07) is 8.61. The van der Waals surface area contributed by atoms with Gasteiger partial charge < -0.3 is 14.9 Å². The van der Waals surface area contributed by atoms with Crippen LogP contribution in [0, 0.1) is 0 Å². The number of carbonyl (C=O) groups is 2. The van der Waals surface area contributed by atoms with Crippen molar-refractivity contribution < 1.29 is 14.7 Å². The van der Waals surface area contributed by atoms with Gasteiger partial charge in [-0.05, 0) is 32.6 Å². The van der Waals surface area contributed by atoms with Gasteiger partial charge in [0.05, 0.1) is 5.69 Å². The summed E-state index contributed by atoms with van der Waals surface area (Å²) in [6.45, 7) is 1.34. The van der Waals surface area contributed by atoms with Crippen LogP contribution in [0.15, 0.2) is 35.4 Å². The fourth-order valence-corrected chi connectivity index (χ4v) is 3.18. The van der Waals surface area contributed by atoms with Crippen molar-refractivity contribution in [2.75, 3.05) is 32.2 Å². The number of hydrazone groups is 1. The molecule has 2 heterocycles. The Morgan fingerprint density at radius 3 is 2.54 bits per heavy atom. The number of amides is 1. The molecule has 2 unspecified atom stereocenters. The Bertz CT molecular complexity index is 659. The molecule has 7 heteroatoms. The summed E-state index contributed by atoms with van der Waals surface area (Å²) in [5.41, 5.74) is 1.01. The van der Waals surface area contributed by atoms with E-state index in [1.165, 1.54) is 5.01 Å². The minimum absolute atomic E-state index is 0.131. The summed E-state index contributed by atoms with van der Waals surface area (Å²) >= 11 is 0. The van der Waals surface area contributed by atoms with Crippen molar-refractivity contribution >= 4 is 23.3 Å². The largest absolute Gasteiger partial charge is 0.480 e. The van der Waals surface area contributed by atoms with Gasteiger partial charge in [0.2, 0.25) is 0 Å². The van der Waals surface area contributed by atoms with Crippen LogP contribution in [0.25, 0.3) is 0 Å². The summed E-state index contributed by atoms with van der Waals surface area (Å²) in [4.78, 5) is 28.2. The SMILES string of the molecule is CN(C)C1CCN(C(=O)C2=NN(c3ccccc3)C(C(=O)O)C2)C1. The zero-order valence-electron chi connectivity index (χ0n) is 13.9. The molecule has 0 saturated carbocycles. The lowest BCUT2D eigenvalue weighted by Gasteiger charge is -2.20. The van der Waals surface area contributed by atoms with Crippen molar-refractivity contribution in [2.45, 2.75) is 24.9 Å². The second-order valence-electron chi connectivity index (χ2n) is 6.44. The molecule has 3 rings (SSSR count). The van der Waals surface area contributed by atoms with Crippen LogP contribution < -0.4 is 5.01 Å². The second kappa shape index (κ2) is 6.60. The number of anilines is 1. The molecule has 1 amide bonds. The lowest BCUT2D eigenvalue weighted by molar-refractivity contribution is -0.138. The molecule has 1 aromatic carbocycles. The maximum absolute atomic E-state index is 12.7. The van der Waals surface area contributed by atoms with Crippen LogP contribution in [0.3, 0.4) is 0 Å². The molecule has 1 fully saturated rings. The fraction of sp³-hybridized carbons (Fsp3) is 0.471. The van der Waals surface area contributed by atoms with E-state index in [2.05, 4.69) is 10.0 Å². The molecule has 24 heavy (non-hydrogen) atoms. The van der Waals surface area contributed by atoms with E-state index in [4.69, 9.17) is 0 Å². The van der Waals surface area contributed by atoms with Gasteiger partial charge in [-0.3, -0.25) is 9.80 Å². The number of benzene rings is 1. The number of nitrogens with zero attached hydrogens (tertiary/aromatic N) is 4. The molecule has 0 spiro atoms. The maximum atomic E-state index is 12.7. The van der Waals surface area contributed by atoms with Crippen molar-refractivity contribution in [3.63, 3.8) is 0 Å². The van der Waals surface area contributed by atoms with E-state index in [1.54, 1.807) is 17.0 Å². The molecule has 1 N–H and O–H groups in total. The van der Waals surface area contributed by atoms with Crippen molar-refractivity contribution in [3.8, 4) is 0 Å². The summed E-state index contributed by atoms with van der Waals surface area (Å²) < 4.78 is 0. The molecule has 2 aliphatic heterocycles. The lowest BCUT2D eigenvalue weighted by Crippen LogP contribution is -2.38. The number of carboxylic acid groups (broad SMARTS) is 1. The van der Waals surface area contributed by atoms with Gasteiger partial charge in [-0.1, -0.05) is 18.2 Å². The maximum Gasteiger partial charge on any atom is 0.328 e. The highest BCUT2D eigenvalue weighted by Gasteiger charge is 2.39. The number of rotatable bonds is 4. The minimum atomic E-state index is -0.974. The molecule has 2 atom stereocenters. The van der Waals surface area contributed by atoms with Gasteiger partial charge in [-0.2, -0.15) is 5.10 Å². The number of hydrogen-bond acceptors (Lipinski definition) is 5. The third kappa shape index (κ3) is 3.12.